The summed E-state index contributed by atoms with van der Waals surface area (Å²) in [5.41, 5.74) is -0.373. The van der Waals surface area contributed by atoms with E-state index in [9.17, 15) is 18.0 Å². The Balaban J connectivity index is 0.00000312. The molecule has 1 amide bonds. The lowest BCUT2D eigenvalue weighted by Gasteiger charge is -2.12. The molecule has 0 bridgehead atoms. The van der Waals surface area contributed by atoms with Crippen LogP contribution in [0.25, 0.3) is 5.69 Å². The van der Waals surface area contributed by atoms with E-state index in [-0.39, 0.29) is 35.7 Å². The molecule has 0 unspecified atom stereocenters. The summed E-state index contributed by atoms with van der Waals surface area (Å²) >= 11 is 0. The minimum Gasteiger partial charge on any atom is -0.349 e. The van der Waals surface area contributed by atoms with Gasteiger partial charge in [-0.05, 0) is 37.7 Å². The van der Waals surface area contributed by atoms with Crippen molar-refractivity contribution in [2.24, 2.45) is 0 Å². The Kier molecular flexibility index (Phi) is 7.44. The third kappa shape index (κ3) is 5.75. The molecule has 0 fully saturated rings. The topological polar surface area (TPSA) is 58.9 Å². The number of carbonyl (C=O) groups excluding carboxylic acids is 1. The van der Waals surface area contributed by atoms with Gasteiger partial charge in [0.05, 0.1) is 11.3 Å². The molecule has 0 saturated heterocycles. The highest BCUT2D eigenvalue weighted by molar-refractivity contribution is 5.92. The van der Waals surface area contributed by atoms with Crippen LogP contribution in [-0.2, 0) is 6.18 Å². The number of alkyl halides is 3. The Hall–Kier alpha value is -2.06. The van der Waals surface area contributed by atoms with Crippen LogP contribution in [0.3, 0.4) is 0 Å². The molecule has 138 valence electrons. The van der Waals surface area contributed by atoms with Gasteiger partial charge in [-0.3, -0.25) is 4.79 Å². The van der Waals surface area contributed by atoms with E-state index < -0.39 is 11.7 Å². The summed E-state index contributed by atoms with van der Waals surface area (Å²) < 4.78 is 39.5. The van der Waals surface area contributed by atoms with Crippen molar-refractivity contribution in [3.8, 4) is 5.69 Å². The zero-order chi connectivity index (χ0) is 17.7. The fourth-order valence-electron chi connectivity index (χ4n) is 2.17. The van der Waals surface area contributed by atoms with E-state index in [1.54, 1.807) is 0 Å². The van der Waals surface area contributed by atoms with Crippen LogP contribution in [0.4, 0.5) is 13.2 Å². The minimum atomic E-state index is -4.42. The van der Waals surface area contributed by atoms with Crippen molar-refractivity contribution in [2.75, 3.05) is 13.1 Å². The molecule has 2 rings (SSSR count). The highest BCUT2D eigenvalue weighted by Gasteiger charge is 2.30. The Bertz CT molecular complexity index is 703. The summed E-state index contributed by atoms with van der Waals surface area (Å²) in [5.74, 6) is -0.370. The first-order valence-electron chi connectivity index (χ1n) is 7.56. The lowest BCUT2D eigenvalue weighted by Crippen LogP contribution is -2.38. The van der Waals surface area contributed by atoms with Crippen molar-refractivity contribution < 1.29 is 18.0 Å². The average molecular weight is 377 g/mol. The first-order chi connectivity index (χ1) is 11.3. The second kappa shape index (κ2) is 8.87. The van der Waals surface area contributed by atoms with Crippen molar-refractivity contribution >= 4 is 18.3 Å². The van der Waals surface area contributed by atoms with Gasteiger partial charge >= 0.3 is 6.18 Å². The molecule has 1 atom stereocenters. The summed E-state index contributed by atoms with van der Waals surface area (Å²) in [7, 11) is 0. The molecule has 0 aliphatic heterocycles. The number of nitrogens with one attached hydrogen (secondary N) is 2. The Labute approximate surface area is 150 Å². The predicted molar refractivity (Wildman–Crippen MR) is 91.3 cm³/mol. The molecular weight excluding hydrogens is 357 g/mol. The quantitative estimate of drug-likeness (QED) is 0.814. The molecule has 25 heavy (non-hydrogen) atoms. The van der Waals surface area contributed by atoms with Gasteiger partial charge in [0.2, 0.25) is 0 Å². The number of aromatic nitrogens is 2. The number of likely N-dealkylation sites (N-methyl/N-ethyl adjacent to an activating group) is 1. The van der Waals surface area contributed by atoms with E-state index in [0.29, 0.717) is 6.54 Å². The first-order valence-corrected chi connectivity index (χ1v) is 7.56. The molecule has 0 aliphatic carbocycles. The van der Waals surface area contributed by atoms with Crippen LogP contribution in [0.2, 0.25) is 0 Å². The summed E-state index contributed by atoms with van der Waals surface area (Å²) in [6, 6.07) is 6.36. The third-order valence-corrected chi connectivity index (χ3v) is 3.38. The number of carbonyl (C=O) groups is 1. The average Bonchev–Trinajstić information content (AvgIpc) is 3.02. The van der Waals surface area contributed by atoms with Crippen molar-refractivity contribution in [2.45, 2.75) is 26.1 Å². The van der Waals surface area contributed by atoms with Crippen molar-refractivity contribution in [1.82, 2.24) is 20.4 Å². The third-order valence-electron chi connectivity index (χ3n) is 3.38. The van der Waals surface area contributed by atoms with Crippen LogP contribution >= 0.6 is 12.4 Å². The fourth-order valence-corrected chi connectivity index (χ4v) is 2.17. The van der Waals surface area contributed by atoms with Crippen LogP contribution in [-0.4, -0.2) is 34.8 Å². The van der Waals surface area contributed by atoms with Gasteiger partial charge in [0.15, 0.2) is 5.69 Å². The Morgan fingerprint density at radius 3 is 2.68 bits per heavy atom. The molecular formula is C16H20ClF3N4O. The lowest BCUT2D eigenvalue weighted by atomic mass is 10.2. The molecule has 0 aliphatic rings. The predicted octanol–water partition coefficient (Wildman–Crippen LogP) is 3.04. The Morgan fingerprint density at radius 1 is 1.32 bits per heavy atom. The molecule has 2 aromatic rings. The first kappa shape index (κ1) is 21.0. The fraction of sp³-hybridized carbons (Fsp3) is 0.375. The number of amides is 1. The van der Waals surface area contributed by atoms with Crippen molar-refractivity contribution in [3.05, 3.63) is 47.8 Å². The molecule has 0 saturated carbocycles. The Morgan fingerprint density at radius 2 is 2.04 bits per heavy atom. The number of hydrogen-bond donors (Lipinski definition) is 2. The largest absolute Gasteiger partial charge is 0.416 e. The monoisotopic (exact) mass is 376 g/mol. The number of rotatable bonds is 6. The molecule has 9 heteroatoms. The van der Waals surface area contributed by atoms with Crippen molar-refractivity contribution in [1.29, 1.82) is 0 Å². The maximum absolute atomic E-state index is 12.8. The van der Waals surface area contributed by atoms with Crippen LogP contribution in [0.1, 0.15) is 29.9 Å². The molecule has 1 heterocycles. The standard InChI is InChI=1S/C16H19F3N4O.ClH/c1-3-20-11(2)10-21-15(24)14-7-8-23(22-14)13-6-4-5-12(9-13)16(17,18)19;/h4-9,11,20H,3,10H2,1-2H3,(H,21,24);1H/t11-;/m1./s1. The maximum atomic E-state index is 12.8. The van der Waals surface area contributed by atoms with Crippen molar-refractivity contribution in [3.63, 3.8) is 0 Å². The molecule has 5 nitrogen and oxygen atoms in total. The van der Waals surface area contributed by atoms with E-state index >= 15 is 0 Å². The number of nitrogens with zero attached hydrogens (tertiary/aromatic N) is 2. The molecule has 1 aromatic heterocycles. The summed E-state index contributed by atoms with van der Waals surface area (Å²) in [6.07, 6.45) is -2.97. The lowest BCUT2D eigenvalue weighted by molar-refractivity contribution is -0.137. The van der Waals surface area contributed by atoms with E-state index in [4.69, 9.17) is 0 Å². The number of hydrogen-bond acceptors (Lipinski definition) is 3. The van der Waals surface area contributed by atoms with Gasteiger partial charge in [-0.15, -0.1) is 12.4 Å². The summed E-state index contributed by atoms with van der Waals surface area (Å²) in [4.78, 5) is 12.0. The van der Waals surface area contributed by atoms with E-state index in [2.05, 4.69) is 15.7 Å². The maximum Gasteiger partial charge on any atom is 0.416 e. The molecule has 0 spiro atoms. The van der Waals surface area contributed by atoms with Gasteiger partial charge in [-0.2, -0.15) is 18.3 Å². The van der Waals surface area contributed by atoms with Crippen LogP contribution in [0.15, 0.2) is 36.5 Å². The van der Waals surface area contributed by atoms with Gasteiger partial charge in [-0.25, -0.2) is 4.68 Å². The van der Waals surface area contributed by atoms with E-state index in [1.807, 2.05) is 13.8 Å². The number of benzene rings is 1. The van der Waals surface area contributed by atoms with E-state index in [1.165, 1.54) is 29.1 Å². The molecule has 0 radical (unpaired) electrons. The molecule has 1 aromatic carbocycles. The summed E-state index contributed by atoms with van der Waals surface area (Å²) in [6.45, 7) is 5.13. The summed E-state index contributed by atoms with van der Waals surface area (Å²) in [5, 5.41) is 9.93. The van der Waals surface area contributed by atoms with E-state index in [0.717, 1.165) is 18.7 Å². The smallest absolute Gasteiger partial charge is 0.349 e. The van der Waals surface area contributed by atoms with Gasteiger partial charge in [0, 0.05) is 18.8 Å². The van der Waals surface area contributed by atoms with Gasteiger partial charge in [0.25, 0.3) is 5.91 Å². The number of halogens is 4. The SMILES string of the molecule is CCN[C@H](C)CNC(=O)c1ccn(-c2cccc(C(F)(F)F)c2)n1.Cl. The van der Waals surface area contributed by atoms with Gasteiger partial charge in [-0.1, -0.05) is 13.0 Å². The van der Waals surface area contributed by atoms with Crippen LogP contribution < -0.4 is 10.6 Å². The highest BCUT2D eigenvalue weighted by Crippen LogP contribution is 2.30. The second-order valence-electron chi connectivity index (χ2n) is 5.36. The zero-order valence-electron chi connectivity index (χ0n) is 13.8. The van der Waals surface area contributed by atoms with Crippen LogP contribution in [0.5, 0.6) is 0 Å². The highest BCUT2D eigenvalue weighted by atomic mass is 35.5. The normalized spacial score (nSPS) is 12.4. The zero-order valence-corrected chi connectivity index (χ0v) is 14.6. The van der Waals surface area contributed by atoms with Gasteiger partial charge in [0.1, 0.15) is 0 Å². The van der Waals surface area contributed by atoms with Crippen LogP contribution in [0, 0.1) is 0 Å². The second-order valence-corrected chi connectivity index (χ2v) is 5.36. The minimum absolute atomic E-state index is 0. The van der Waals surface area contributed by atoms with Gasteiger partial charge < -0.3 is 10.6 Å². The molecule has 2 N–H and O–H groups in total.